The Labute approximate surface area is 135 Å². The van der Waals surface area contributed by atoms with E-state index < -0.39 is 11.9 Å². The lowest BCUT2D eigenvalue weighted by molar-refractivity contribution is -0.142. The number of nitriles is 1. The molecule has 1 aromatic carbocycles. The van der Waals surface area contributed by atoms with E-state index in [0.29, 0.717) is 24.3 Å². The van der Waals surface area contributed by atoms with Crippen molar-refractivity contribution in [1.29, 1.82) is 5.26 Å². The molecule has 23 heavy (non-hydrogen) atoms. The van der Waals surface area contributed by atoms with Crippen LogP contribution >= 0.6 is 0 Å². The lowest BCUT2D eigenvalue weighted by Crippen LogP contribution is -2.43. The summed E-state index contributed by atoms with van der Waals surface area (Å²) in [7, 11) is 0. The molecule has 1 saturated heterocycles. The van der Waals surface area contributed by atoms with Crippen LogP contribution < -0.4 is 4.90 Å². The van der Waals surface area contributed by atoms with Gasteiger partial charge in [0.1, 0.15) is 11.9 Å². The number of para-hydroxylation sites is 1. The Bertz CT molecular complexity index is 810. The molecule has 2 atom stereocenters. The zero-order chi connectivity index (χ0) is 16.6. The highest BCUT2D eigenvalue weighted by Crippen LogP contribution is 2.32. The van der Waals surface area contributed by atoms with Crippen molar-refractivity contribution in [2.75, 3.05) is 18.0 Å². The smallest absolute Gasteiger partial charge is 0.308 e. The van der Waals surface area contributed by atoms with E-state index in [0.717, 1.165) is 23.0 Å². The summed E-state index contributed by atoms with van der Waals surface area (Å²) in [5.74, 6) is -0.331. The molecular formula is C18H19N3O2. The highest BCUT2D eigenvalue weighted by atomic mass is 16.4. The summed E-state index contributed by atoms with van der Waals surface area (Å²) in [5.41, 5.74) is 2.28. The number of piperidine rings is 1. The van der Waals surface area contributed by atoms with Crippen molar-refractivity contribution in [2.45, 2.75) is 20.3 Å². The van der Waals surface area contributed by atoms with Gasteiger partial charge in [-0.2, -0.15) is 5.26 Å². The number of rotatable bonds is 2. The minimum absolute atomic E-state index is 0.255. The van der Waals surface area contributed by atoms with Gasteiger partial charge in [-0.15, -0.1) is 0 Å². The lowest BCUT2D eigenvalue weighted by atomic mass is 9.90. The molecular weight excluding hydrogens is 290 g/mol. The van der Waals surface area contributed by atoms with Crippen LogP contribution in [0, 0.1) is 30.1 Å². The number of aryl methyl sites for hydroxylation is 1. The monoisotopic (exact) mass is 309 g/mol. The number of nitrogens with zero attached hydrogens (tertiary/aromatic N) is 3. The fraction of sp³-hybridized carbons (Fsp3) is 0.389. The molecule has 1 aromatic heterocycles. The van der Waals surface area contributed by atoms with E-state index in [4.69, 9.17) is 0 Å². The van der Waals surface area contributed by atoms with Crippen LogP contribution in [0.15, 0.2) is 24.3 Å². The van der Waals surface area contributed by atoms with E-state index in [1.165, 1.54) is 0 Å². The normalized spacial score (nSPS) is 21.2. The second kappa shape index (κ2) is 5.88. The predicted molar refractivity (Wildman–Crippen MR) is 88.3 cm³/mol. The quantitative estimate of drug-likeness (QED) is 0.923. The Morgan fingerprint density at radius 2 is 2.13 bits per heavy atom. The first-order chi connectivity index (χ1) is 11.0. The fourth-order valence-electron chi connectivity index (χ4n) is 3.43. The molecule has 2 heterocycles. The largest absolute Gasteiger partial charge is 0.481 e. The first kappa shape index (κ1) is 15.3. The molecule has 1 aliphatic rings. The Kier molecular flexibility index (Phi) is 3.91. The second-order valence-corrected chi connectivity index (χ2v) is 6.35. The zero-order valence-electron chi connectivity index (χ0n) is 13.3. The lowest BCUT2D eigenvalue weighted by Gasteiger charge is -2.36. The van der Waals surface area contributed by atoms with Crippen LogP contribution in [-0.2, 0) is 4.79 Å². The van der Waals surface area contributed by atoms with Crippen molar-refractivity contribution in [3.63, 3.8) is 0 Å². The number of aromatic nitrogens is 1. The Balaban J connectivity index is 2.11. The number of anilines is 1. The molecule has 0 aliphatic carbocycles. The molecule has 0 saturated carbocycles. The van der Waals surface area contributed by atoms with Gasteiger partial charge in [-0.3, -0.25) is 4.79 Å². The molecule has 0 bridgehead atoms. The third kappa shape index (κ3) is 2.72. The van der Waals surface area contributed by atoms with Crippen LogP contribution in [0.3, 0.4) is 0 Å². The first-order valence-electron chi connectivity index (χ1n) is 7.78. The van der Waals surface area contributed by atoms with E-state index in [-0.39, 0.29) is 5.92 Å². The number of carboxylic acid groups (broad SMARTS) is 1. The topological polar surface area (TPSA) is 77.2 Å². The molecule has 0 radical (unpaired) electrons. The van der Waals surface area contributed by atoms with Gasteiger partial charge in [-0.25, -0.2) is 4.98 Å². The maximum Gasteiger partial charge on any atom is 0.308 e. The number of carbonyl (C=O) groups is 1. The summed E-state index contributed by atoms with van der Waals surface area (Å²) in [6.07, 6.45) is 0.667. The number of benzene rings is 1. The van der Waals surface area contributed by atoms with Crippen molar-refractivity contribution >= 4 is 22.7 Å². The molecule has 0 amide bonds. The number of aliphatic carboxylic acids is 1. The van der Waals surface area contributed by atoms with Gasteiger partial charge in [0.15, 0.2) is 0 Å². The van der Waals surface area contributed by atoms with E-state index in [1.54, 1.807) is 0 Å². The third-order valence-electron chi connectivity index (χ3n) is 4.55. The number of carboxylic acids is 1. The van der Waals surface area contributed by atoms with Crippen molar-refractivity contribution in [3.05, 3.63) is 35.4 Å². The highest BCUT2D eigenvalue weighted by molar-refractivity contribution is 5.87. The van der Waals surface area contributed by atoms with Gasteiger partial charge >= 0.3 is 5.97 Å². The van der Waals surface area contributed by atoms with Gasteiger partial charge < -0.3 is 10.0 Å². The number of hydrogen-bond acceptors (Lipinski definition) is 4. The van der Waals surface area contributed by atoms with Gasteiger partial charge in [-0.1, -0.05) is 25.1 Å². The Morgan fingerprint density at radius 1 is 1.39 bits per heavy atom. The van der Waals surface area contributed by atoms with Gasteiger partial charge in [0.25, 0.3) is 0 Å². The van der Waals surface area contributed by atoms with Crippen LogP contribution in [0.1, 0.15) is 24.5 Å². The van der Waals surface area contributed by atoms with Crippen LogP contribution in [0.4, 0.5) is 5.82 Å². The number of fused-ring (bicyclic) bond motifs is 1. The summed E-state index contributed by atoms with van der Waals surface area (Å²) in [6, 6.07) is 10.00. The highest BCUT2D eigenvalue weighted by Gasteiger charge is 2.31. The fourth-order valence-corrected chi connectivity index (χ4v) is 3.43. The Hall–Kier alpha value is -2.61. The van der Waals surface area contributed by atoms with Crippen molar-refractivity contribution in [3.8, 4) is 6.07 Å². The van der Waals surface area contributed by atoms with E-state index in [9.17, 15) is 15.2 Å². The van der Waals surface area contributed by atoms with E-state index in [1.807, 2.05) is 43.0 Å². The third-order valence-corrected chi connectivity index (χ3v) is 4.55. The molecule has 118 valence electrons. The summed E-state index contributed by atoms with van der Waals surface area (Å²) in [5, 5.41) is 19.9. The number of pyridine rings is 1. The molecule has 2 unspecified atom stereocenters. The van der Waals surface area contributed by atoms with Crippen molar-refractivity contribution in [2.24, 2.45) is 11.8 Å². The average molecular weight is 309 g/mol. The molecule has 1 fully saturated rings. The minimum atomic E-state index is -0.780. The molecule has 1 N–H and O–H groups in total. The zero-order valence-corrected chi connectivity index (χ0v) is 13.3. The van der Waals surface area contributed by atoms with Crippen molar-refractivity contribution < 1.29 is 9.90 Å². The van der Waals surface area contributed by atoms with Crippen molar-refractivity contribution in [1.82, 2.24) is 4.98 Å². The summed E-state index contributed by atoms with van der Waals surface area (Å²) >= 11 is 0. The number of hydrogen-bond donors (Lipinski definition) is 1. The maximum atomic E-state index is 11.4. The minimum Gasteiger partial charge on any atom is -0.481 e. The van der Waals surface area contributed by atoms with Gasteiger partial charge in [0.05, 0.1) is 17.0 Å². The van der Waals surface area contributed by atoms with Gasteiger partial charge in [0, 0.05) is 18.5 Å². The molecule has 3 rings (SSSR count). The maximum absolute atomic E-state index is 11.4. The summed E-state index contributed by atoms with van der Waals surface area (Å²) in [4.78, 5) is 18.0. The van der Waals surface area contributed by atoms with Gasteiger partial charge in [0.2, 0.25) is 0 Å². The Morgan fingerprint density at radius 3 is 2.83 bits per heavy atom. The van der Waals surface area contributed by atoms with Crippen LogP contribution in [0.5, 0.6) is 0 Å². The van der Waals surface area contributed by atoms with Gasteiger partial charge in [-0.05, 0) is 30.9 Å². The summed E-state index contributed by atoms with van der Waals surface area (Å²) < 4.78 is 0. The van der Waals surface area contributed by atoms with Crippen LogP contribution in [-0.4, -0.2) is 29.1 Å². The average Bonchev–Trinajstić information content (AvgIpc) is 2.54. The van der Waals surface area contributed by atoms with E-state index >= 15 is 0 Å². The molecule has 2 aromatic rings. The summed E-state index contributed by atoms with van der Waals surface area (Å²) in [6.45, 7) is 5.10. The molecule has 5 heteroatoms. The standard InChI is InChI=1S/C18H19N3O2/c1-11-7-13(18(22)23)10-21(9-11)17-15(8-19)12(2)14-5-3-4-6-16(14)20-17/h3-6,11,13H,7,9-10H2,1-2H3,(H,22,23). The molecule has 5 nitrogen and oxygen atoms in total. The van der Waals surface area contributed by atoms with E-state index in [2.05, 4.69) is 11.1 Å². The SMILES string of the molecule is Cc1c(C#N)c(N2CC(C)CC(C(=O)O)C2)nc2ccccc12. The second-order valence-electron chi connectivity index (χ2n) is 6.35. The first-order valence-corrected chi connectivity index (χ1v) is 7.78. The molecule has 1 aliphatic heterocycles. The van der Waals surface area contributed by atoms with Crippen LogP contribution in [0.2, 0.25) is 0 Å². The predicted octanol–water partition coefficient (Wildman–Crippen LogP) is 2.96. The van der Waals surface area contributed by atoms with Crippen LogP contribution in [0.25, 0.3) is 10.9 Å². The molecule has 0 spiro atoms.